The van der Waals surface area contributed by atoms with Crippen molar-refractivity contribution < 1.29 is 4.74 Å². The Bertz CT molecular complexity index is 225. The molecule has 0 aromatic carbocycles. The number of guanidine groups is 1. The van der Waals surface area contributed by atoms with Crippen LogP contribution >= 0.6 is 11.8 Å². The van der Waals surface area contributed by atoms with E-state index in [1.165, 1.54) is 6.42 Å². The quantitative estimate of drug-likeness (QED) is 0.245. The van der Waals surface area contributed by atoms with Crippen LogP contribution < -0.4 is 11.3 Å². The van der Waals surface area contributed by atoms with Crippen molar-refractivity contribution in [3.05, 3.63) is 0 Å². The van der Waals surface area contributed by atoms with Gasteiger partial charge in [-0.3, -0.25) is 5.43 Å². The minimum atomic E-state index is 0.630. The second-order valence-corrected chi connectivity index (χ2v) is 5.10. The number of nitrogens with one attached hydrogen (secondary N) is 1. The molecule has 0 bridgehead atoms. The molecule has 0 aromatic rings. The summed E-state index contributed by atoms with van der Waals surface area (Å²) < 4.78 is 4.97. The lowest BCUT2D eigenvalue weighted by atomic mass is 10.3. The van der Waals surface area contributed by atoms with Crippen LogP contribution in [-0.4, -0.2) is 55.2 Å². The van der Waals surface area contributed by atoms with Gasteiger partial charge in [0.05, 0.1) is 13.2 Å². The standard InChI is InChI=1S/C10H22N4OS/c1-3-9-8-14(5-7-16-9)10(13-11)12-4-6-15-2/h9H,3-8,11H2,1-2H3,(H,12,13). The molecule has 5 nitrogen and oxygen atoms in total. The van der Waals surface area contributed by atoms with Gasteiger partial charge in [-0.25, -0.2) is 10.8 Å². The van der Waals surface area contributed by atoms with Gasteiger partial charge in [-0.1, -0.05) is 6.92 Å². The van der Waals surface area contributed by atoms with Crippen LogP contribution in [0.25, 0.3) is 0 Å². The summed E-state index contributed by atoms with van der Waals surface area (Å²) in [6.45, 7) is 5.54. The Hall–Kier alpha value is -0.460. The van der Waals surface area contributed by atoms with Crippen molar-refractivity contribution in [3.8, 4) is 0 Å². The van der Waals surface area contributed by atoms with Crippen LogP contribution in [0.1, 0.15) is 13.3 Å². The monoisotopic (exact) mass is 246 g/mol. The van der Waals surface area contributed by atoms with Crippen LogP contribution in [0.2, 0.25) is 0 Å². The summed E-state index contributed by atoms with van der Waals surface area (Å²) >= 11 is 2.03. The first-order valence-corrected chi connectivity index (χ1v) is 6.73. The topological polar surface area (TPSA) is 62.9 Å². The minimum Gasteiger partial charge on any atom is -0.383 e. The fourth-order valence-electron chi connectivity index (χ4n) is 1.64. The predicted molar refractivity (Wildman–Crippen MR) is 69.6 cm³/mol. The average molecular weight is 246 g/mol. The Morgan fingerprint density at radius 1 is 1.69 bits per heavy atom. The number of rotatable bonds is 4. The zero-order chi connectivity index (χ0) is 11.8. The first-order valence-electron chi connectivity index (χ1n) is 5.68. The zero-order valence-electron chi connectivity index (χ0n) is 10.1. The molecule has 1 fully saturated rings. The average Bonchev–Trinajstić information content (AvgIpc) is 2.35. The van der Waals surface area contributed by atoms with Crippen molar-refractivity contribution in [3.63, 3.8) is 0 Å². The summed E-state index contributed by atoms with van der Waals surface area (Å²) in [5.41, 5.74) is 2.69. The van der Waals surface area contributed by atoms with E-state index in [0.717, 1.165) is 24.8 Å². The van der Waals surface area contributed by atoms with E-state index in [-0.39, 0.29) is 0 Å². The Labute approximate surface area is 102 Å². The molecule has 0 radical (unpaired) electrons. The molecule has 3 N–H and O–H groups in total. The molecule has 94 valence electrons. The van der Waals surface area contributed by atoms with E-state index in [1.807, 2.05) is 11.8 Å². The van der Waals surface area contributed by atoms with E-state index in [0.29, 0.717) is 18.4 Å². The Kier molecular flexibility index (Phi) is 6.59. The second kappa shape index (κ2) is 7.76. The molecule has 1 unspecified atom stereocenters. The number of nitrogens with two attached hydrogens (primary N) is 1. The molecular formula is C10H22N4OS. The maximum atomic E-state index is 5.50. The van der Waals surface area contributed by atoms with Crippen LogP contribution in [0.3, 0.4) is 0 Å². The lowest BCUT2D eigenvalue weighted by molar-refractivity contribution is 0.207. The number of thioether (sulfide) groups is 1. The SMILES string of the molecule is CCC1CN(C(=NCCOC)NN)CCS1. The van der Waals surface area contributed by atoms with Crippen LogP contribution in [0.5, 0.6) is 0 Å². The maximum absolute atomic E-state index is 5.50. The van der Waals surface area contributed by atoms with Gasteiger partial charge in [0.25, 0.3) is 0 Å². The summed E-state index contributed by atoms with van der Waals surface area (Å²) in [6, 6.07) is 0. The van der Waals surface area contributed by atoms with Gasteiger partial charge >= 0.3 is 0 Å². The first-order chi connectivity index (χ1) is 7.81. The number of hydrazine groups is 1. The number of ether oxygens (including phenoxy) is 1. The summed E-state index contributed by atoms with van der Waals surface area (Å²) in [7, 11) is 1.68. The highest BCUT2D eigenvalue weighted by Gasteiger charge is 2.20. The lowest BCUT2D eigenvalue weighted by Gasteiger charge is -2.33. The molecule has 1 aliphatic heterocycles. The Balaban J connectivity index is 2.47. The Morgan fingerprint density at radius 2 is 2.50 bits per heavy atom. The smallest absolute Gasteiger partial charge is 0.208 e. The van der Waals surface area contributed by atoms with Crippen molar-refractivity contribution in [1.29, 1.82) is 0 Å². The third-order valence-electron chi connectivity index (χ3n) is 2.58. The summed E-state index contributed by atoms with van der Waals surface area (Å²) in [5, 5.41) is 0.690. The van der Waals surface area contributed by atoms with E-state index < -0.39 is 0 Å². The van der Waals surface area contributed by atoms with E-state index in [4.69, 9.17) is 10.6 Å². The third kappa shape index (κ3) is 4.19. The number of hydrogen-bond acceptors (Lipinski definition) is 4. The molecule has 16 heavy (non-hydrogen) atoms. The van der Waals surface area contributed by atoms with Crippen LogP contribution in [0, 0.1) is 0 Å². The highest BCUT2D eigenvalue weighted by Crippen LogP contribution is 2.20. The van der Waals surface area contributed by atoms with Crippen molar-refractivity contribution >= 4 is 17.7 Å². The van der Waals surface area contributed by atoms with Crippen molar-refractivity contribution in [2.75, 3.05) is 39.1 Å². The molecule has 6 heteroatoms. The molecule has 0 amide bonds. The van der Waals surface area contributed by atoms with Crippen molar-refractivity contribution in [1.82, 2.24) is 10.3 Å². The number of nitrogens with zero attached hydrogens (tertiary/aromatic N) is 2. The maximum Gasteiger partial charge on any atom is 0.208 e. The minimum absolute atomic E-state index is 0.630. The number of aliphatic imine (C=N–C) groups is 1. The molecule has 1 aliphatic rings. The zero-order valence-corrected chi connectivity index (χ0v) is 10.9. The van der Waals surface area contributed by atoms with Crippen LogP contribution in [0.4, 0.5) is 0 Å². The highest BCUT2D eigenvalue weighted by atomic mass is 32.2. The molecule has 1 heterocycles. The van der Waals surface area contributed by atoms with E-state index >= 15 is 0 Å². The molecule has 1 saturated heterocycles. The largest absolute Gasteiger partial charge is 0.383 e. The van der Waals surface area contributed by atoms with Crippen molar-refractivity contribution in [2.45, 2.75) is 18.6 Å². The molecule has 0 aromatic heterocycles. The molecule has 0 spiro atoms. The van der Waals surface area contributed by atoms with Crippen LogP contribution in [-0.2, 0) is 4.74 Å². The molecule has 0 saturated carbocycles. The molecular weight excluding hydrogens is 224 g/mol. The first kappa shape index (κ1) is 13.6. The fraction of sp³-hybridized carbons (Fsp3) is 0.900. The van der Waals surface area contributed by atoms with Gasteiger partial charge < -0.3 is 9.64 Å². The Morgan fingerprint density at radius 3 is 3.12 bits per heavy atom. The van der Waals surface area contributed by atoms with Crippen LogP contribution in [0.15, 0.2) is 4.99 Å². The normalized spacial score (nSPS) is 22.3. The summed E-state index contributed by atoms with van der Waals surface area (Å²) in [5.74, 6) is 7.43. The third-order valence-corrected chi connectivity index (χ3v) is 3.95. The van der Waals surface area contributed by atoms with Gasteiger partial charge in [0.2, 0.25) is 5.96 Å². The van der Waals surface area contributed by atoms with Gasteiger partial charge in [-0.15, -0.1) is 0 Å². The predicted octanol–water partition coefficient (Wildman–Crippen LogP) is 0.280. The summed E-state index contributed by atoms with van der Waals surface area (Å²) in [6.07, 6.45) is 1.19. The second-order valence-electron chi connectivity index (χ2n) is 3.69. The van der Waals surface area contributed by atoms with Gasteiger partial charge in [-0.2, -0.15) is 11.8 Å². The molecule has 1 rings (SSSR count). The lowest BCUT2D eigenvalue weighted by Crippen LogP contribution is -2.50. The van der Waals surface area contributed by atoms with E-state index in [2.05, 4.69) is 22.2 Å². The van der Waals surface area contributed by atoms with Crippen molar-refractivity contribution in [2.24, 2.45) is 10.8 Å². The fourth-order valence-corrected chi connectivity index (χ4v) is 2.82. The van der Waals surface area contributed by atoms with E-state index in [1.54, 1.807) is 7.11 Å². The van der Waals surface area contributed by atoms with Gasteiger partial charge in [-0.05, 0) is 6.42 Å². The number of hydrogen-bond donors (Lipinski definition) is 2. The molecule has 0 aliphatic carbocycles. The van der Waals surface area contributed by atoms with Gasteiger partial charge in [0.1, 0.15) is 0 Å². The van der Waals surface area contributed by atoms with Gasteiger partial charge in [0, 0.05) is 31.2 Å². The van der Waals surface area contributed by atoms with E-state index in [9.17, 15) is 0 Å². The van der Waals surface area contributed by atoms with Gasteiger partial charge in [0.15, 0.2) is 0 Å². The number of methoxy groups -OCH3 is 1. The highest BCUT2D eigenvalue weighted by molar-refractivity contribution is 8.00. The summed E-state index contributed by atoms with van der Waals surface area (Å²) in [4.78, 5) is 6.62. The molecule has 1 atom stereocenters.